The van der Waals surface area contributed by atoms with E-state index in [1.165, 1.54) is 16.9 Å². The van der Waals surface area contributed by atoms with Crippen LogP contribution in [0, 0.1) is 5.92 Å². The summed E-state index contributed by atoms with van der Waals surface area (Å²) in [5.74, 6) is 1.68. The molecule has 2 aromatic rings. The predicted molar refractivity (Wildman–Crippen MR) is 92.3 cm³/mol. The summed E-state index contributed by atoms with van der Waals surface area (Å²) in [4.78, 5) is 14.9. The molecule has 2 atom stereocenters. The third-order valence-corrected chi connectivity index (χ3v) is 6.05. The van der Waals surface area contributed by atoms with Crippen LogP contribution in [0.1, 0.15) is 51.5 Å². The lowest BCUT2D eigenvalue weighted by Crippen LogP contribution is -2.31. The molecule has 2 heterocycles. The summed E-state index contributed by atoms with van der Waals surface area (Å²) in [6, 6.07) is 10.1. The van der Waals surface area contributed by atoms with E-state index in [1.807, 2.05) is 24.3 Å². The van der Waals surface area contributed by atoms with E-state index in [-0.39, 0.29) is 11.9 Å². The number of carbonyl (C=O) groups excluding carboxylic acids is 1. The quantitative estimate of drug-likeness (QED) is 0.901. The number of ether oxygens (including phenoxy) is 1. The molecule has 1 amide bonds. The summed E-state index contributed by atoms with van der Waals surface area (Å²) >= 11 is 1.67. The minimum absolute atomic E-state index is 0.0468. The first-order valence-corrected chi connectivity index (χ1v) is 9.16. The van der Waals surface area contributed by atoms with Crippen molar-refractivity contribution in [1.82, 2.24) is 5.32 Å². The van der Waals surface area contributed by atoms with Gasteiger partial charge in [-0.2, -0.15) is 0 Å². The number of carbonyl (C=O) groups is 1. The normalized spacial score (nSPS) is 22.7. The average molecular weight is 327 g/mol. The molecule has 23 heavy (non-hydrogen) atoms. The second-order valence-corrected chi connectivity index (χ2v) is 7.74. The van der Waals surface area contributed by atoms with Crippen LogP contribution in [0.25, 0.3) is 0 Å². The molecule has 3 nitrogen and oxygen atoms in total. The fourth-order valence-electron chi connectivity index (χ4n) is 3.54. The van der Waals surface area contributed by atoms with Gasteiger partial charge in [-0.3, -0.25) is 4.79 Å². The van der Waals surface area contributed by atoms with Gasteiger partial charge >= 0.3 is 0 Å². The van der Waals surface area contributed by atoms with Crippen molar-refractivity contribution in [3.05, 3.63) is 51.2 Å². The van der Waals surface area contributed by atoms with E-state index in [0.29, 0.717) is 6.61 Å². The Hall–Kier alpha value is -1.81. The fraction of sp³-hybridized carbons (Fsp3) is 0.421. The number of nitrogens with one attached hydrogen (secondary N) is 1. The summed E-state index contributed by atoms with van der Waals surface area (Å²) in [7, 11) is 0. The van der Waals surface area contributed by atoms with Gasteiger partial charge in [-0.15, -0.1) is 11.3 Å². The van der Waals surface area contributed by atoms with E-state index in [0.717, 1.165) is 41.4 Å². The Labute approximate surface area is 140 Å². The smallest absolute Gasteiger partial charge is 0.261 e. The summed E-state index contributed by atoms with van der Waals surface area (Å²) in [6.45, 7) is 2.94. The van der Waals surface area contributed by atoms with Crippen molar-refractivity contribution in [3.63, 3.8) is 0 Å². The Morgan fingerprint density at radius 3 is 3.09 bits per heavy atom. The molecule has 1 aliphatic heterocycles. The van der Waals surface area contributed by atoms with Gasteiger partial charge in [-0.05, 0) is 42.9 Å². The number of rotatable bonds is 2. The van der Waals surface area contributed by atoms with E-state index >= 15 is 0 Å². The Balaban J connectivity index is 1.53. The number of aryl methyl sites for hydroxylation is 1. The van der Waals surface area contributed by atoms with Gasteiger partial charge < -0.3 is 10.1 Å². The van der Waals surface area contributed by atoms with Crippen molar-refractivity contribution < 1.29 is 9.53 Å². The van der Waals surface area contributed by atoms with Crippen LogP contribution in [0.3, 0.4) is 0 Å². The number of fused-ring (bicyclic) bond motifs is 2. The number of amides is 1. The number of hydrogen-bond acceptors (Lipinski definition) is 3. The first-order valence-electron chi connectivity index (χ1n) is 8.35. The van der Waals surface area contributed by atoms with Gasteiger partial charge in [0.2, 0.25) is 0 Å². The summed E-state index contributed by atoms with van der Waals surface area (Å²) < 4.78 is 5.67. The van der Waals surface area contributed by atoms with Crippen molar-refractivity contribution >= 4 is 17.2 Å². The number of benzene rings is 1. The molecule has 0 spiro atoms. The Bertz CT molecular complexity index is 737. The zero-order valence-corrected chi connectivity index (χ0v) is 14.1. The van der Waals surface area contributed by atoms with Gasteiger partial charge in [0, 0.05) is 16.9 Å². The van der Waals surface area contributed by atoms with Crippen LogP contribution in [0.15, 0.2) is 30.3 Å². The SMILES string of the molecule is C[C@H]1CCc2sc(C(=O)N[C@@H]3CCOc4ccccc43)cc2C1. The molecule has 0 unspecified atom stereocenters. The number of thiophene rings is 1. The number of para-hydroxylation sites is 1. The van der Waals surface area contributed by atoms with Gasteiger partial charge in [0.15, 0.2) is 0 Å². The van der Waals surface area contributed by atoms with Crippen LogP contribution in [0.5, 0.6) is 5.75 Å². The van der Waals surface area contributed by atoms with Gasteiger partial charge in [-0.25, -0.2) is 0 Å². The molecule has 4 rings (SSSR count). The fourth-order valence-corrected chi connectivity index (χ4v) is 4.65. The van der Waals surface area contributed by atoms with Crippen LogP contribution in [0.4, 0.5) is 0 Å². The van der Waals surface area contributed by atoms with Crippen molar-refractivity contribution in [2.75, 3.05) is 6.61 Å². The zero-order chi connectivity index (χ0) is 15.8. The topological polar surface area (TPSA) is 38.3 Å². The van der Waals surface area contributed by atoms with Crippen molar-refractivity contribution in [2.24, 2.45) is 5.92 Å². The molecule has 1 aliphatic carbocycles. The van der Waals surface area contributed by atoms with Crippen LogP contribution < -0.4 is 10.1 Å². The molecule has 4 heteroatoms. The molecule has 120 valence electrons. The lowest BCUT2D eigenvalue weighted by atomic mass is 9.90. The highest BCUT2D eigenvalue weighted by Gasteiger charge is 2.25. The van der Waals surface area contributed by atoms with Crippen LogP contribution in [-0.2, 0) is 12.8 Å². The standard InChI is InChI=1S/C19H21NO2S/c1-12-6-7-17-13(10-12)11-18(23-17)19(21)20-15-8-9-22-16-5-3-2-4-14(15)16/h2-5,11-12,15H,6-10H2,1H3,(H,20,21)/t12-,15+/m0/s1. The minimum atomic E-state index is 0.0468. The lowest BCUT2D eigenvalue weighted by molar-refractivity contribution is 0.0929. The van der Waals surface area contributed by atoms with Crippen molar-refractivity contribution in [3.8, 4) is 5.75 Å². The van der Waals surface area contributed by atoms with E-state index in [2.05, 4.69) is 18.3 Å². The first-order chi connectivity index (χ1) is 11.2. The molecule has 0 fully saturated rings. The highest BCUT2D eigenvalue weighted by atomic mass is 32.1. The maximum atomic E-state index is 12.7. The summed E-state index contributed by atoms with van der Waals surface area (Å²) in [5, 5.41) is 3.20. The average Bonchev–Trinajstić information content (AvgIpc) is 2.98. The third-order valence-electron chi connectivity index (χ3n) is 4.82. The van der Waals surface area contributed by atoms with E-state index in [9.17, 15) is 4.79 Å². The molecular formula is C19H21NO2S. The number of hydrogen-bond donors (Lipinski definition) is 1. The van der Waals surface area contributed by atoms with Gasteiger partial charge in [0.1, 0.15) is 5.75 Å². The maximum absolute atomic E-state index is 12.7. The third kappa shape index (κ3) is 2.88. The molecule has 0 saturated carbocycles. The Morgan fingerprint density at radius 1 is 1.30 bits per heavy atom. The molecule has 1 aromatic heterocycles. The second-order valence-electron chi connectivity index (χ2n) is 6.61. The molecule has 0 saturated heterocycles. The lowest BCUT2D eigenvalue weighted by Gasteiger charge is -2.26. The zero-order valence-electron chi connectivity index (χ0n) is 13.3. The molecule has 0 radical (unpaired) electrons. The Morgan fingerprint density at radius 2 is 2.17 bits per heavy atom. The van der Waals surface area contributed by atoms with Crippen LogP contribution >= 0.6 is 11.3 Å². The van der Waals surface area contributed by atoms with E-state index < -0.39 is 0 Å². The summed E-state index contributed by atoms with van der Waals surface area (Å²) in [6.07, 6.45) is 4.29. The highest BCUT2D eigenvalue weighted by molar-refractivity contribution is 7.14. The Kier molecular flexibility index (Phi) is 3.85. The molecule has 1 aromatic carbocycles. The van der Waals surface area contributed by atoms with Crippen LogP contribution in [-0.4, -0.2) is 12.5 Å². The van der Waals surface area contributed by atoms with Crippen molar-refractivity contribution in [2.45, 2.75) is 38.6 Å². The van der Waals surface area contributed by atoms with Gasteiger partial charge in [-0.1, -0.05) is 25.1 Å². The summed E-state index contributed by atoms with van der Waals surface area (Å²) in [5.41, 5.74) is 2.47. The monoisotopic (exact) mass is 327 g/mol. The molecule has 1 N–H and O–H groups in total. The molecule has 2 aliphatic rings. The largest absolute Gasteiger partial charge is 0.493 e. The second kappa shape index (κ2) is 6.00. The van der Waals surface area contributed by atoms with E-state index in [4.69, 9.17) is 4.74 Å². The van der Waals surface area contributed by atoms with Gasteiger partial charge in [0.25, 0.3) is 5.91 Å². The predicted octanol–water partition coefficient (Wildman–Crippen LogP) is 4.13. The van der Waals surface area contributed by atoms with Crippen LogP contribution in [0.2, 0.25) is 0 Å². The molecule has 0 bridgehead atoms. The molecular weight excluding hydrogens is 306 g/mol. The first kappa shape index (κ1) is 14.8. The van der Waals surface area contributed by atoms with Crippen molar-refractivity contribution in [1.29, 1.82) is 0 Å². The maximum Gasteiger partial charge on any atom is 0.261 e. The van der Waals surface area contributed by atoms with Gasteiger partial charge in [0.05, 0.1) is 17.5 Å². The van der Waals surface area contributed by atoms with E-state index in [1.54, 1.807) is 11.3 Å². The minimum Gasteiger partial charge on any atom is -0.493 e. The highest BCUT2D eigenvalue weighted by Crippen LogP contribution is 2.34.